The molecule has 0 aliphatic carbocycles. The first kappa shape index (κ1) is 16.0. The van der Waals surface area contributed by atoms with Gasteiger partial charge in [0.15, 0.2) is 0 Å². The Morgan fingerprint density at radius 3 is 2.18 bits per heavy atom. The number of nitro groups is 1. The number of hydrogen-bond donors (Lipinski definition) is 0. The molecule has 22 heavy (non-hydrogen) atoms. The van der Waals surface area contributed by atoms with E-state index >= 15 is 0 Å². The molecule has 0 N–H and O–H groups in total. The van der Waals surface area contributed by atoms with E-state index < -0.39 is 20.7 Å². The van der Waals surface area contributed by atoms with Crippen LogP contribution in [0.1, 0.15) is 25.3 Å². The van der Waals surface area contributed by atoms with Gasteiger partial charge in [0.1, 0.15) is 4.90 Å². The smallest absolute Gasteiger partial charge is 0.339 e. The molecule has 0 aliphatic heterocycles. The summed E-state index contributed by atoms with van der Waals surface area (Å²) in [5, 5.41) is 10.9. The van der Waals surface area contributed by atoms with Gasteiger partial charge >= 0.3 is 15.8 Å². The van der Waals surface area contributed by atoms with E-state index in [-0.39, 0.29) is 16.6 Å². The van der Waals surface area contributed by atoms with Gasteiger partial charge < -0.3 is 4.18 Å². The van der Waals surface area contributed by atoms with Crippen LogP contribution in [0.3, 0.4) is 0 Å². The molecule has 0 atom stereocenters. The molecule has 0 saturated heterocycles. The zero-order chi connectivity index (χ0) is 16.3. The number of benzene rings is 2. The van der Waals surface area contributed by atoms with Crippen molar-refractivity contribution in [2.45, 2.75) is 24.7 Å². The van der Waals surface area contributed by atoms with E-state index in [1.54, 1.807) is 12.1 Å². The minimum Gasteiger partial charge on any atom is -0.372 e. The van der Waals surface area contributed by atoms with Crippen molar-refractivity contribution < 1.29 is 17.5 Å². The lowest BCUT2D eigenvalue weighted by molar-refractivity contribution is -0.385. The second-order valence-corrected chi connectivity index (χ2v) is 6.53. The van der Waals surface area contributed by atoms with Gasteiger partial charge in [0.2, 0.25) is 5.75 Å². The summed E-state index contributed by atoms with van der Waals surface area (Å²) in [4.78, 5) is 10.2. The maximum absolute atomic E-state index is 12.2. The van der Waals surface area contributed by atoms with Crippen molar-refractivity contribution >= 4 is 15.8 Å². The van der Waals surface area contributed by atoms with Gasteiger partial charge in [-0.25, -0.2) is 0 Å². The van der Waals surface area contributed by atoms with Crippen LogP contribution in [-0.2, 0) is 10.1 Å². The summed E-state index contributed by atoms with van der Waals surface area (Å²) in [6.45, 7) is 3.99. The van der Waals surface area contributed by atoms with E-state index in [4.69, 9.17) is 4.18 Å². The molecule has 116 valence electrons. The number of nitro benzene ring substituents is 1. The third-order valence-corrected chi connectivity index (χ3v) is 4.35. The summed E-state index contributed by atoms with van der Waals surface area (Å²) in [6, 6.07) is 11.6. The third-order valence-electron chi connectivity index (χ3n) is 3.10. The van der Waals surface area contributed by atoms with Crippen LogP contribution in [0, 0.1) is 10.1 Å². The van der Waals surface area contributed by atoms with Gasteiger partial charge in [-0.15, -0.1) is 0 Å². The molecule has 0 aromatic heterocycles. The van der Waals surface area contributed by atoms with Gasteiger partial charge in [0.05, 0.1) is 4.92 Å². The minimum absolute atomic E-state index is 0.0462. The standard InChI is InChI=1S/C15H15NO5S/c1-11(2)12-7-9-13(10-8-12)22(19,20)21-15-6-4-3-5-14(15)16(17)18/h3-11H,1-2H3. The average molecular weight is 321 g/mol. The molecule has 2 aromatic rings. The fourth-order valence-electron chi connectivity index (χ4n) is 1.86. The molecule has 0 heterocycles. The van der Waals surface area contributed by atoms with E-state index in [0.29, 0.717) is 0 Å². The van der Waals surface area contributed by atoms with Crippen molar-refractivity contribution in [2.75, 3.05) is 0 Å². The van der Waals surface area contributed by atoms with Crippen LogP contribution >= 0.6 is 0 Å². The predicted octanol–water partition coefficient (Wildman–Crippen LogP) is 3.49. The first-order valence-electron chi connectivity index (χ1n) is 6.59. The molecule has 2 rings (SSSR count). The van der Waals surface area contributed by atoms with E-state index in [0.717, 1.165) is 5.56 Å². The Labute approximate surface area is 128 Å². The van der Waals surface area contributed by atoms with E-state index in [1.165, 1.54) is 36.4 Å². The number of para-hydroxylation sites is 2. The molecular weight excluding hydrogens is 306 g/mol. The summed E-state index contributed by atoms with van der Waals surface area (Å²) in [6.07, 6.45) is 0. The third kappa shape index (κ3) is 3.43. The molecule has 7 heteroatoms. The fraction of sp³-hybridized carbons (Fsp3) is 0.200. The second kappa shape index (κ2) is 6.15. The average Bonchev–Trinajstić information content (AvgIpc) is 2.47. The van der Waals surface area contributed by atoms with Crippen LogP contribution in [0.15, 0.2) is 53.4 Å². The summed E-state index contributed by atoms with van der Waals surface area (Å²) in [5.74, 6) is -0.0340. The maximum atomic E-state index is 12.2. The highest BCUT2D eigenvalue weighted by Gasteiger charge is 2.22. The topological polar surface area (TPSA) is 86.5 Å². The lowest BCUT2D eigenvalue weighted by Gasteiger charge is -2.09. The summed E-state index contributed by atoms with van der Waals surface area (Å²) >= 11 is 0. The Morgan fingerprint density at radius 2 is 1.64 bits per heavy atom. The van der Waals surface area contributed by atoms with Crippen molar-refractivity contribution in [1.29, 1.82) is 0 Å². The van der Waals surface area contributed by atoms with E-state index in [9.17, 15) is 18.5 Å². The van der Waals surface area contributed by atoms with E-state index in [1.807, 2.05) is 13.8 Å². The molecule has 0 aliphatic rings. The Kier molecular flexibility index (Phi) is 4.46. The van der Waals surface area contributed by atoms with Gasteiger partial charge in [0, 0.05) is 6.07 Å². The van der Waals surface area contributed by atoms with Crippen molar-refractivity contribution in [3.8, 4) is 5.75 Å². The van der Waals surface area contributed by atoms with Crippen molar-refractivity contribution in [1.82, 2.24) is 0 Å². The largest absolute Gasteiger partial charge is 0.372 e. The van der Waals surface area contributed by atoms with Gasteiger partial charge in [-0.2, -0.15) is 8.42 Å². The number of hydrogen-bond acceptors (Lipinski definition) is 5. The van der Waals surface area contributed by atoms with Gasteiger partial charge in [-0.3, -0.25) is 10.1 Å². The summed E-state index contributed by atoms with van der Waals surface area (Å²) in [7, 11) is -4.12. The zero-order valence-electron chi connectivity index (χ0n) is 12.1. The molecule has 0 spiro atoms. The lowest BCUT2D eigenvalue weighted by Crippen LogP contribution is -2.11. The Hall–Kier alpha value is -2.41. The van der Waals surface area contributed by atoms with Crippen LogP contribution in [0.5, 0.6) is 5.75 Å². The fourth-order valence-corrected chi connectivity index (χ4v) is 2.81. The SMILES string of the molecule is CC(C)c1ccc(S(=O)(=O)Oc2ccccc2[N+](=O)[O-])cc1. The highest BCUT2D eigenvalue weighted by Crippen LogP contribution is 2.29. The minimum atomic E-state index is -4.12. The molecule has 0 amide bonds. The van der Waals surface area contributed by atoms with Crippen LogP contribution in [0.25, 0.3) is 0 Å². The highest BCUT2D eigenvalue weighted by atomic mass is 32.2. The van der Waals surface area contributed by atoms with Crippen LogP contribution in [-0.4, -0.2) is 13.3 Å². The second-order valence-electron chi connectivity index (χ2n) is 4.99. The molecule has 0 fully saturated rings. The van der Waals surface area contributed by atoms with Crippen molar-refractivity contribution in [2.24, 2.45) is 0 Å². The number of rotatable bonds is 5. The predicted molar refractivity (Wildman–Crippen MR) is 81.4 cm³/mol. The van der Waals surface area contributed by atoms with Crippen molar-refractivity contribution in [3.05, 3.63) is 64.2 Å². The maximum Gasteiger partial charge on any atom is 0.339 e. The van der Waals surface area contributed by atoms with Crippen LogP contribution in [0.4, 0.5) is 5.69 Å². The first-order valence-corrected chi connectivity index (χ1v) is 8.00. The normalized spacial score (nSPS) is 11.4. The molecule has 6 nitrogen and oxygen atoms in total. The Bertz CT molecular complexity index is 782. The highest BCUT2D eigenvalue weighted by molar-refractivity contribution is 7.87. The molecule has 0 radical (unpaired) electrons. The number of nitrogens with zero attached hydrogens (tertiary/aromatic N) is 1. The monoisotopic (exact) mass is 321 g/mol. The molecule has 0 unspecified atom stereocenters. The Morgan fingerprint density at radius 1 is 1.05 bits per heavy atom. The zero-order valence-corrected chi connectivity index (χ0v) is 12.9. The van der Waals surface area contributed by atoms with Crippen molar-refractivity contribution in [3.63, 3.8) is 0 Å². The van der Waals surface area contributed by atoms with Crippen LogP contribution in [0.2, 0.25) is 0 Å². The first-order chi connectivity index (χ1) is 10.3. The van der Waals surface area contributed by atoms with Gasteiger partial charge in [-0.1, -0.05) is 38.1 Å². The molecule has 0 bridgehead atoms. The summed E-state index contributed by atoms with van der Waals surface area (Å²) < 4.78 is 29.3. The Balaban J connectivity index is 2.34. The quantitative estimate of drug-likeness (QED) is 0.478. The lowest BCUT2D eigenvalue weighted by atomic mass is 10.0. The van der Waals surface area contributed by atoms with E-state index in [2.05, 4.69) is 0 Å². The van der Waals surface area contributed by atoms with Gasteiger partial charge in [0.25, 0.3) is 0 Å². The molecule has 0 saturated carbocycles. The summed E-state index contributed by atoms with van der Waals surface area (Å²) in [5.41, 5.74) is 0.592. The van der Waals surface area contributed by atoms with Crippen LogP contribution < -0.4 is 4.18 Å². The molecular formula is C15H15NO5S. The van der Waals surface area contributed by atoms with Gasteiger partial charge in [-0.05, 0) is 29.7 Å². The molecule has 2 aromatic carbocycles.